The van der Waals surface area contributed by atoms with Gasteiger partial charge in [-0.3, -0.25) is 4.98 Å². The third kappa shape index (κ3) is 2.70. The fraction of sp³-hybridized carbons (Fsp3) is 0.105. The number of halogens is 1. The Labute approximate surface area is 129 Å². The molecule has 22 heavy (non-hydrogen) atoms. The third-order valence-electron chi connectivity index (χ3n) is 3.79. The predicted molar refractivity (Wildman–Crippen MR) is 89.8 cm³/mol. The summed E-state index contributed by atoms with van der Waals surface area (Å²) in [6.45, 7) is 8.11. The number of pyridine rings is 1. The molecule has 0 atom stereocenters. The van der Waals surface area contributed by atoms with E-state index in [1.165, 1.54) is 6.07 Å². The van der Waals surface area contributed by atoms with Crippen molar-refractivity contribution in [3.05, 3.63) is 79.0 Å². The highest BCUT2D eigenvalue weighted by atomic mass is 19.1. The number of hydrogen-bond donors (Lipinski definition) is 1. The highest BCUT2D eigenvalue weighted by molar-refractivity contribution is 5.92. The molecule has 3 aromatic rings. The van der Waals surface area contributed by atoms with Crippen molar-refractivity contribution in [2.45, 2.75) is 12.8 Å². The van der Waals surface area contributed by atoms with E-state index in [4.69, 9.17) is 0 Å². The SMILES string of the molecule is C=C(CCC(=C)c1c[nH]c2ccccc12)c1ncccc1F. The van der Waals surface area contributed by atoms with Gasteiger partial charge in [0.1, 0.15) is 11.5 Å². The standard InChI is InChI=1S/C19H17FN2/c1-13(16-12-22-18-8-4-3-6-15(16)18)9-10-14(2)19-17(20)7-5-11-21-19/h3-8,11-12,22H,1-2,9-10H2. The van der Waals surface area contributed by atoms with Crippen LogP contribution in [0.15, 0.2) is 61.9 Å². The largest absolute Gasteiger partial charge is 0.361 e. The molecular formula is C19H17FN2. The Morgan fingerprint density at radius 1 is 1.05 bits per heavy atom. The van der Waals surface area contributed by atoms with E-state index >= 15 is 0 Å². The normalized spacial score (nSPS) is 10.8. The highest BCUT2D eigenvalue weighted by Crippen LogP contribution is 2.29. The lowest BCUT2D eigenvalue weighted by atomic mass is 9.98. The molecule has 0 spiro atoms. The number of aromatic nitrogens is 2. The maximum Gasteiger partial charge on any atom is 0.149 e. The quantitative estimate of drug-likeness (QED) is 0.687. The first-order chi connectivity index (χ1) is 10.7. The molecule has 0 radical (unpaired) electrons. The molecule has 0 saturated heterocycles. The number of rotatable bonds is 5. The van der Waals surface area contributed by atoms with Gasteiger partial charge in [-0.2, -0.15) is 0 Å². The number of allylic oxidation sites excluding steroid dienone is 2. The molecule has 0 bridgehead atoms. The number of nitrogens with zero attached hydrogens (tertiary/aromatic N) is 1. The fourth-order valence-electron chi connectivity index (χ4n) is 2.56. The molecule has 3 rings (SSSR count). The lowest BCUT2D eigenvalue weighted by Crippen LogP contribution is -1.93. The molecule has 2 heterocycles. The van der Waals surface area contributed by atoms with E-state index in [0.29, 0.717) is 17.7 Å². The molecule has 0 fully saturated rings. The van der Waals surface area contributed by atoms with Gasteiger partial charge < -0.3 is 4.98 Å². The Hall–Kier alpha value is -2.68. The Morgan fingerprint density at radius 2 is 1.82 bits per heavy atom. The topological polar surface area (TPSA) is 28.7 Å². The molecule has 2 aromatic heterocycles. The van der Waals surface area contributed by atoms with Crippen molar-refractivity contribution in [3.63, 3.8) is 0 Å². The van der Waals surface area contributed by atoms with Gasteiger partial charge in [0, 0.05) is 28.9 Å². The summed E-state index contributed by atoms with van der Waals surface area (Å²) in [6, 6.07) is 11.1. The van der Waals surface area contributed by atoms with E-state index in [0.717, 1.165) is 28.5 Å². The Balaban J connectivity index is 1.73. The molecule has 1 aromatic carbocycles. The smallest absolute Gasteiger partial charge is 0.149 e. The summed E-state index contributed by atoms with van der Waals surface area (Å²) >= 11 is 0. The van der Waals surface area contributed by atoms with Gasteiger partial charge in [-0.1, -0.05) is 31.4 Å². The van der Waals surface area contributed by atoms with Crippen molar-refractivity contribution >= 4 is 22.0 Å². The van der Waals surface area contributed by atoms with Crippen LogP contribution in [0.3, 0.4) is 0 Å². The second-order valence-corrected chi connectivity index (χ2v) is 5.29. The lowest BCUT2D eigenvalue weighted by Gasteiger charge is -2.08. The van der Waals surface area contributed by atoms with Crippen LogP contribution in [0.1, 0.15) is 24.1 Å². The second-order valence-electron chi connectivity index (χ2n) is 5.29. The number of benzene rings is 1. The fourth-order valence-corrected chi connectivity index (χ4v) is 2.56. The molecule has 0 aliphatic carbocycles. The zero-order valence-corrected chi connectivity index (χ0v) is 12.3. The van der Waals surface area contributed by atoms with Crippen molar-refractivity contribution in [1.29, 1.82) is 0 Å². The molecule has 0 saturated carbocycles. The average Bonchev–Trinajstić information content (AvgIpc) is 2.97. The molecule has 0 aliphatic rings. The van der Waals surface area contributed by atoms with E-state index in [9.17, 15) is 4.39 Å². The zero-order chi connectivity index (χ0) is 15.5. The average molecular weight is 292 g/mol. The third-order valence-corrected chi connectivity index (χ3v) is 3.79. The molecule has 2 nitrogen and oxygen atoms in total. The number of hydrogen-bond acceptors (Lipinski definition) is 1. The van der Waals surface area contributed by atoms with Crippen LogP contribution in [-0.2, 0) is 0 Å². The van der Waals surface area contributed by atoms with Gasteiger partial charge in [0.25, 0.3) is 0 Å². The van der Waals surface area contributed by atoms with Crippen LogP contribution < -0.4 is 0 Å². The number of para-hydroxylation sites is 1. The van der Waals surface area contributed by atoms with Crippen LogP contribution in [0, 0.1) is 5.82 Å². The second kappa shape index (κ2) is 5.98. The minimum Gasteiger partial charge on any atom is -0.361 e. The van der Waals surface area contributed by atoms with E-state index in [1.54, 1.807) is 12.3 Å². The minimum atomic E-state index is -0.329. The van der Waals surface area contributed by atoms with Crippen LogP contribution >= 0.6 is 0 Å². The Morgan fingerprint density at radius 3 is 2.64 bits per heavy atom. The van der Waals surface area contributed by atoms with E-state index < -0.39 is 0 Å². The maximum absolute atomic E-state index is 13.7. The molecule has 0 amide bonds. The van der Waals surface area contributed by atoms with E-state index in [1.807, 2.05) is 24.4 Å². The zero-order valence-electron chi connectivity index (χ0n) is 12.3. The van der Waals surface area contributed by atoms with Gasteiger partial charge in [-0.05, 0) is 42.2 Å². The first kappa shape index (κ1) is 14.3. The predicted octanol–water partition coefficient (Wildman–Crippen LogP) is 5.21. The van der Waals surface area contributed by atoms with Crippen LogP contribution in [0.4, 0.5) is 4.39 Å². The molecule has 110 valence electrons. The van der Waals surface area contributed by atoms with Crippen LogP contribution in [0.25, 0.3) is 22.0 Å². The van der Waals surface area contributed by atoms with E-state index in [-0.39, 0.29) is 5.82 Å². The number of nitrogens with one attached hydrogen (secondary N) is 1. The number of fused-ring (bicyclic) bond motifs is 1. The van der Waals surface area contributed by atoms with Crippen LogP contribution in [0.2, 0.25) is 0 Å². The van der Waals surface area contributed by atoms with Crippen molar-refractivity contribution < 1.29 is 4.39 Å². The van der Waals surface area contributed by atoms with Crippen molar-refractivity contribution in [2.24, 2.45) is 0 Å². The summed E-state index contributed by atoms with van der Waals surface area (Å²) in [5, 5.41) is 1.15. The molecule has 1 N–H and O–H groups in total. The van der Waals surface area contributed by atoms with Gasteiger partial charge in [0.2, 0.25) is 0 Å². The van der Waals surface area contributed by atoms with Gasteiger partial charge in [-0.15, -0.1) is 0 Å². The summed E-state index contributed by atoms with van der Waals surface area (Å²) in [5.41, 5.74) is 4.24. The molecule has 3 heteroatoms. The first-order valence-corrected chi connectivity index (χ1v) is 7.20. The minimum absolute atomic E-state index is 0.329. The van der Waals surface area contributed by atoms with Crippen LogP contribution in [-0.4, -0.2) is 9.97 Å². The van der Waals surface area contributed by atoms with E-state index in [2.05, 4.69) is 29.2 Å². The van der Waals surface area contributed by atoms with Gasteiger partial charge in [-0.25, -0.2) is 4.39 Å². The maximum atomic E-state index is 13.7. The van der Waals surface area contributed by atoms with Crippen molar-refractivity contribution in [1.82, 2.24) is 9.97 Å². The summed E-state index contributed by atoms with van der Waals surface area (Å²) in [5.74, 6) is -0.329. The molecule has 0 aliphatic heterocycles. The summed E-state index contributed by atoms with van der Waals surface area (Å²) in [4.78, 5) is 7.30. The lowest BCUT2D eigenvalue weighted by molar-refractivity contribution is 0.615. The van der Waals surface area contributed by atoms with Crippen molar-refractivity contribution in [2.75, 3.05) is 0 Å². The van der Waals surface area contributed by atoms with Crippen molar-refractivity contribution in [3.8, 4) is 0 Å². The molecule has 0 unspecified atom stereocenters. The van der Waals surface area contributed by atoms with Gasteiger partial charge in [0.05, 0.1) is 0 Å². The summed E-state index contributed by atoms with van der Waals surface area (Å²) in [6.07, 6.45) is 4.90. The molecular weight excluding hydrogens is 275 g/mol. The summed E-state index contributed by atoms with van der Waals surface area (Å²) in [7, 11) is 0. The number of aromatic amines is 1. The monoisotopic (exact) mass is 292 g/mol. The van der Waals surface area contributed by atoms with Crippen LogP contribution in [0.5, 0.6) is 0 Å². The highest BCUT2D eigenvalue weighted by Gasteiger charge is 2.10. The summed E-state index contributed by atoms with van der Waals surface area (Å²) < 4.78 is 13.7. The number of H-pyrrole nitrogens is 1. The van der Waals surface area contributed by atoms with Gasteiger partial charge in [0.15, 0.2) is 0 Å². The van der Waals surface area contributed by atoms with Gasteiger partial charge >= 0.3 is 0 Å². The first-order valence-electron chi connectivity index (χ1n) is 7.20. The Bertz CT molecular complexity index is 845. The Kier molecular flexibility index (Phi) is 3.88.